The molecule has 5 heteroatoms. The lowest BCUT2D eigenvalue weighted by molar-refractivity contribution is 0.0683. The van der Waals surface area contributed by atoms with Crippen molar-refractivity contribution in [3.8, 4) is 0 Å². The van der Waals surface area contributed by atoms with Crippen LogP contribution in [0.3, 0.4) is 0 Å². The van der Waals surface area contributed by atoms with Crippen molar-refractivity contribution in [2.24, 2.45) is 0 Å². The van der Waals surface area contributed by atoms with Gasteiger partial charge in [0.2, 0.25) is 0 Å². The molecule has 20 heavy (non-hydrogen) atoms. The van der Waals surface area contributed by atoms with Crippen molar-refractivity contribution in [3.63, 3.8) is 0 Å². The van der Waals surface area contributed by atoms with Crippen molar-refractivity contribution in [2.45, 2.75) is 32.7 Å². The van der Waals surface area contributed by atoms with Crippen molar-refractivity contribution >= 4 is 21.9 Å². The van der Waals surface area contributed by atoms with E-state index in [1.165, 1.54) is 0 Å². The van der Waals surface area contributed by atoms with Gasteiger partial charge in [-0.2, -0.15) is 5.10 Å². The van der Waals surface area contributed by atoms with Gasteiger partial charge in [-0.15, -0.1) is 0 Å². The molecule has 0 fully saturated rings. The third-order valence-corrected chi connectivity index (χ3v) is 3.73. The van der Waals surface area contributed by atoms with Gasteiger partial charge in [-0.3, -0.25) is 4.68 Å². The lowest BCUT2D eigenvalue weighted by atomic mass is 9.92. The van der Waals surface area contributed by atoms with Gasteiger partial charge in [-0.05, 0) is 21.5 Å². The zero-order chi connectivity index (χ0) is 14.9. The number of carboxylic acid groups (broad SMARTS) is 1. The Balaban J connectivity index is 2.50. The molecular formula is C15H17BrN2O2. The standard InChI is InChI=1S/C15H17BrN2O2/c1-15(2,3)13-11(16)12(14(19)20)18(17-13)9-10-7-5-4-6-8-10/h4-8H,9H2,1-3H3,(H,19,20). The van der Waals surface area contributed by atoms with Crippen LogP contribution in [0.15, 0.2) is 34.8 Å². The van der Waals surface area contributed by atoms with Crippen molar-refractivity contribution in [1.82, 2.24) is 9.78 Å². The van der Waals surface area contributed by atoms with E-state index in [1.807, 2.05) is 51.1 Å². The van der Waals surface area contributed by atoms with E-state index in [-0.39, 0.29) is 11.1 Å². The molecule has 2 rings (SSSR count). The smallest absolute Gasteiger partial charge is 0.355 e. The van der Waals surface area contributed by atoms with E-state index in [0.29, 0.717) is 11.0 Å². The van der Waals surface area contributed by atoms with Crippen LogP contribution in [-0.2, 0) is 12.0 Å². The summed E-state index contributed by atoms with van der Waals surface area (Å²) in [5.41, 5.74) is 1.75. The zero-order valence-electron chi connectivity index (χ0n) is 11.7. The van der Waals surface area contributed by atoms with E-state index >= 15 is 0 Å². The van der Waals surface area contributed by atoms with E-state index in [2.05, 4.69) is 21.0 Å². The van der Waals surface area contributed by atoms with Crippen molar-refractivity contribution < 1.29 is 9.90 Å². The third-order valence-electron chi connectivity index (χ3n) is 2.98. The first kappa shape index (κ1) is 14.8. The molecule has 0 saturated heterocycles. The van der Waals surface area contributed by atoms with Crippen molar-refractivity contribution in [2.75, 3.05) is 0 Å². The number of carbonyl (C=O) groups is 1. The first-order chi connectivity index (χ1) is 9.30. The SMILES string of the molecule is CC(C)(C)c1nn(Cc2ccccc2)c(C(=O)O)c1Br. The Morgan fingerprint density at radius 1 is 1.30 bits per heavy atom. The maximum Gasteiger partial charge on any atom is 0.355 e. The number of nitrogens with zero attached hydrogens (tertiary/aromatic N) is 2. The number of benzene rings is 1. The summed E-state index contributed by atoms with van der Waals surface area (Å²) in [5, 5.41) is 13.9. The van der Waals surface area contributed by atoms with Crippen LogP contribution in [0.1, 0.15) is 42.5 Å². The Bertz CT molecular complexity index is 627. The predicted octanol–water partition coefficient (Wildman–Crippen LogP) is 3.69. The van der Waals surface area contributed by atoms with Gasteiger partial charge in [0.15, 0.2) is 5.69 Å². The predicted molar refractivity (Wildman–Crippen MR) is 81.1 cm³/mol. The highest BCUT2D eigenvalue weighted by Crippen LogP contribution is 2.31. The molecule has 0 aliphatic heterocycles. The topological polar surface area (TPSA) is 55.1 Å². The van der Waals surface area contributed by atoms with E-state index in [9.17, 15) is 9.90 Å². The van der Waals surface area contributed by atoms with Crippen LogP contribution in [0.25, 0.3) is 0 Å². The number of aromatic carboxylic acids is 1. The van der Waals surface area contributed by atoms with Crippen LogP contribution in [0.2, 0.25) is 0 Å². The number of aromatic nitrogens is 2. The summed E-state index contributed by atoms with van der Waals surface area (Å²) in [5.74, 6) is -0.976. The largest absolute Gasteiger partial charge is 0.476 e. The molecule has 0 aliphatic carbocycles. The lowest BCUT2D eigenvalue weighted by Gasteiger charge is -2.15. The van der Waals surface area contributed by atoms with Gasteiger partial charge in [0.05, 0.1) is 16.7 Å². The molecule has 2 aromatic rings. The Morgan fingerprint density at radius 2 is 1.90 bits per heavy atom. The molecule has 1 aromatic carbocycles. The molecule has 1 heterocycles. The Kier molecular flexibility index (Phi) is 3.99. The molecule has 4 nitrogen and oxygen atoms in total. The maximum absolute atomic E-state index is 11.5. The Hall–Kier alpha value is -1.62. The summed E-state index contributed by atoms with van der Waals surface area (Å²) >= 11 is 3.39. The Labute approximate surface area is 126 Å². The highest BCUT2D eigenvalue weighted by molar-refractivity contribution is 9.10. The van der Waals surface area contributed by atoms with Crippen LogP contribution >= 0.6 is 15.9 Å². The van der Waals surface area contributed by atoms with Gasteiger partial charge in [0.25, 0.3) is 0 Å². The minimum absolute atomic E-state index is 0.193. The molecule has 0 amide bonds. The van der Waals surface area contributed by atoms with Gasteiger partial charge in [0.1, 0.15) is 0 Å². The maximum atomic E-state index is 11.5. The summed E-state index contributed by atoms with van der Waals surface area (Å²) in [6.07, 6.45) is 0. The fraction of sp³-hybridized carbons (Fsp3) is 0.333. The third kappa shape index (κ3) is 2.93. The number of hydrogen-bond acceptors (Lipinski definition) is 2. The normalized spacial score (nSPS) is 11.6. The molecule has 0 spiro atoms. The second-order valence-corrected chi connectivity index (χ2v) is 6.50. The highest BCUT2D eigenvalue weighted by Gasteiger charge is 2.28. The molecule has 1 aromatic heterocycles. The average molecular weight is 337 g/mol. The van der Waals surface area contributed by atoms with Crippen LogP contribution in [0.5, 0.6) is 0 Å². The second kappa shape index (κ2) is 5.40. The molecule has 0 saturated carbocycles. The van der Waals surface area contributed by atoms with Gasteiger partial charge < -0.3 is 5.11 Å². The quantitative estimate of drug-likeness (QED) is 0.929. The molecule has 0 bridgehead atoms. The molecule has 1 N–H and O–H groups in total. The fourth-order valence-corrected chi connectivity index (χ4v) is 3.04. The Morgan fingerprint density at radius 3 is 2.40 bits per heavy atom. The van der Waals surface area contributed by atoms with Crippen LogP contribution in [0, 0.1) is 0 Å². The first-order valence-corrected chi connectivity index (χ1v) is 7.14. The molecule has 0 unspecified atom stereocenters. The van der Waals surface area contributed by atoms with Crippen molar-refractivity contribution in [1.29, 1.82) is 0 Å². The van der Waals surface area contributed by atoms with Gasteiger partial charge in [-0.1, -0.05) is 51.1 Å². The van der Waals surface area contributed by atoms with Crippen LogP contribution in [-0.4, -0.2) is 20.9 Å². The number of carboxylic acids is 1. The van der Waals surface area contributed by atoms with Crippen molar-refractivity contribution in [3.05, 3.63) is 51.8 Å². The van der Waals surface area contributed by atoms with E-state index in [4.69, 9.17) is 0 Å². The van der Waals surface area contributed by atoms with E-state index in [1.54, 1.807) is 4.68 Å². The number of halogens is 1. The van der Waals surface area contributed by atoms with Crippen LogP contribution in [0.4, 0.5) is 0 Å². The number of hydrogen-bond donors (Lipinski definition) is 1. The molecule has 0 radical (unpaired) electrons. The summed E-state index contributed by atoms with van der Waals surface area (Å²) in [6.45, 7) is 6.48. The van der Waals surface area contributed by atoms with Gasteiger partial charge in [0, 0.05) is 5.41 Å². The van der Waals surface area contributed by atoms with E-state index in [0.717, 1.165) is 11.3 Å². The lowest BCUT2D eigenvalue weighted by Crippen LogP contribution is -2.14. The van der Waals surface area contributed by atoms with Gasteiger partial charge >= 0.3 is 5.97 Å². The molecule has 106 valence electrons. The molecule has 0 atom stereocenters. The van der Waals surface area contributed by atoms with Gasteiger partial charge in [-0.25, -0.2) is 4.79 Å². The van der Waals surface area contributed by atoms with E-state index < -0.39 is 5.97 Å². The second-order valence-electron chi connectivity index (χ2n) is 5.71. The fourth-order valence-electron chi connectivity index (χ4n) is 1.99. The number of rotatable bonds is 3. The summed E-state index contributed by atoms with van der Waals surface area (Å²) in [6, 6.07) is 9.70. The average Bonchev–Trinajstić information content (AvgIpc) is 2.67. The molecule has 0 aliphatic rings. The summed E-state index contributed by atoms with van der Waals surface area (Å²) < 4.78 is 2.11. The highest BCUT2D eigenvalue weighted by atomic mass is 79.9. The monoisotopic (exact) mass is 336 g/mol. The molecular weight excluding hydrogens is 320 g/mol. The minimum Gasteiger partial charge on any atom is -0.476 e. The summed E-state index contributed by atoms with van der Waals surface area (Å²) in [4.78, 5) is 11.5. The van der Waals surface area contributed by atoms with Crippen LogP contribution < -0.4 is 0 Å². The zero-order valence-corrected chi connectivity index (χ0v) is 13.3. The minimum atomic E-state index is -0.976. The first-order valence-electron chi connectivity index (χ1n) is 6.34. The summed E-state index contributed by atoms with van der Waals surface area (Å²) in [7, 11) is 0.